The van der Waals surface area contributed by atoms with Gasteiger partial charge in [0.15, 0.2) is 0 Å². The van der Waals surface area contributed by atoms with Gasteiger partial charge in [0.2, 0.25) is 5.91 Å². The van der Waals surface area contributed by atoms with E-state index in [1.807, 2.05) is 4.90 Å². The fourth-order valence-electron chi connectivity index (χ4n) is 3.27. The Labute approximate surface area is 134 Å². The van der Waals surface area contributed by atoms with E-state index in [0.717, 1.165) is 38.8 Å². The average Bonchev–Trinajstić information content (AvgIpc) is 3.35. The molecule has 1 aromatic rings. The van der Waals surface area contributed by atoms with Gasteiger partial charge < -0.3 is 14.6 Å². The van der Waals surface area contributed by atoms with Crippen LogP contribution in [0.3, 0.4) is 0 Å². The molecule has 6 nitrogen and oxygen atoms in total. The van der Waals surface area contributed by atoms with Crippen LogP contribution in [0.1, 0.15) is 41.6 Å². The zero-order valence-electron chi connectivity index (χ0n) is 13.3. The molecule has 2 aliphatic rings. The summed E-state index contributed by atoms with van der Waals surface area (Å²) >= 11 is 0. The quantitative estimate of drug-likeness (QED) is 0.912. The lowest BCUT2D eigenvalue weighted by Crippen LogP contribution is -2.41. The number of piperidine rings is 1. The fraction of sp³-hybridized carbons (Fsp3) is 0.588. The number of carboxylic acid groups (broad SMARTS) is 1. The standard InChI is InChI=1S/C17H22N2O4/c1-11-4-7-19(16(21)14(11)17(22)23)10-12-5-8-18(9-6-12)15(20)13-2-3-13/h4,7,12-13H,2-3,5-6,8-10H2,1H3,(H,22,23). The topological polar surface area (TPSA) is 79.6 Å². The second kappa shape index (κ2) is 6.18. The van der Waals surface area contributed by atoms with Crippen LogP contribution in [0.25, 0.3) is 0 Å². The number of carboxylic acids is 1. The van der Waals surface area contributed by atoms with Gasteiger partial charge >= 0.3 is 5.97 Å². The van der Waals surface area contributed by atoms with Gasteiger partial charge in [-0.3, -0.25) is 9.59 Å². The summed E-state index contributed by atoms with van der Waals surface area (Å²) in [7, 11) is 0. The Balaban J connectivity index is 1.65. The number of amides is 1. The molecule has 0 bridgehead atoms. The summed E-state index contributed by atoms with van der Waals surface area (Å²) in [6, 6.07) is 1.68. The SMILES string of the molecule is Cc1ccn(CC2CCN(C(=O)C3CC3)CC2)c(=O)c1C(=O)O. The molecule has 1 aliphatic carbocycles. The van der Waals surface area contributed by atoms with Gasteiger partial charge in [-0.1, -0.05) is 0 Å². The third kappa shape index (κ3) is 3.30. The number of nitrogens with zero attached hydrogens (tertiary/aromatic N) is 2. The first-order chi connectivity index (χ1) is 11.0. The molecule has 1 N–H and O–H groups in total. The highest BCUT2D eigenvalue weighted by Crippen LogP contribution is 2.32. The molecule has 23 heavy (non-hydrogen) atoms. The third-order valence-electron chi connectivity index (χ3n) is 4.90. The van der Waals surface area contributed by atoms with Crippen LogP contribution in [0.2, 0.25) is 0 Å². The maximum atomic E-state index is 12.3. The van der Waals surface area contributed by atoms with Crippen molar-refractivity contribution < 1.29 is 14.7 Å². The van der Waals surface area contributed by atoms with Crippen LogP contribution >= 0.6 is 0 Å². The van der Waals surface area contributed by atoms with Gasteiger partial charge in [0.1, 0.15) is 5.56 Å². The lowest BCUT2D eigenvalue weighted by atomic mass is 9.96. The van der Waals surface area contributed by atoms with Crippen molar-refractivity contribution in [1.29, 1.82) is 0 Å². The first-order valence-electron chi connectivity index (χ1n) is 8.19. The predicted molar refractivity (Wildman–Crippen MR) is 84.4 cm³/mol. The van der Waals surface area contributed by atoms with Crippen LogP contribution in [0.5, 0.6) is 0 Å². The largest absolute Gasteiger partial charge is 0.477 e. The van der Waals surface area contributed by atoms with Crippen molar-refractivity contribution in [3.05, 3.63) is 33.7 Å². The minimum absolute atomic E-state index is 0.145. The van der Waals surface area contributed by atoms with Crippen molar-refractivity contribution in [2.24, 2.45) is 11.8 Å². The second-order valence-electron chi connectivity index (χ2n) is 6.68. The van der Waals surface area contributed by atoms with E-state index in [1.54, 1.807) is 19.2 Å². The highest BCUT2D eigenvalue weighted by atomic mass is 16.4. The van der Waals surface area contributed by atoms with E-state index >= 15 is 0 Å². The molecule has 0 aromatic carbocycles. The molecule has 2 fully saturated rings. The number of carbonyl (C=O) groups is 2. The summed E-state index contributed by atoms with van der Waals surface area (Å²) in [6.07, 6.45) is 5.44. The number of aromatic nitrogens is 1. The van der Waals surface area contributed by atoms with E-state index in [2.05, 4.69) is 0 Å². The summed E-state index contributed by atoms with van der Waals surface area (Å²) in [6.45, 7) is 3.64. The van der Waals surface area contributed by atoms with E-state index < -0.39 is 11.5 Å². The molecule has 0 radical (unpaired) electrons. The Morgan fingerprint density at radius 3 is 2.43 bits per heavy atom. The Morgan fingerprint density at radius 1 is 1.22 bits per heavy atom. The Bertz CT molecular complexity index is 682. The maximum Gasteiger partial charge on any atom is 0.341 e. The molecule has 1 aromatic heterocycles. The summed E-state index contributed by atoms with van der Waals surface area (Å²) < 4.78 is 1.50. The second-order valence-corrected chi connectivity index (χ2v) is 6.68. The first-order valence-corrected chi connectivity index (χ1v) is 8.19. The number of aryl methyl sites for hydroxylation is 1. The van der Waals surface area contributed by atoms with Crippen LogP contribution in [-0.4, -0.2) is 39.5 Å². The predicted octanol–water partition coefficient (Wildman–Crippen LogP) is 1.50. The molecule has 3 rings (SSSR count). The highest BCUT2D eigenvalue weighted by molar-refractivity contribution is 5.88. The molecule has 1 saturated carbocycles. The van der Waals surface area contributed by atoms with Crippen molar-refractivity contribution in [2.75, 3.05) is 13.1 Å². The Kier molecular flexibility index (Phi) is 4.24. The lowest BCUT2D eigenvalue weighted by molar-refractivity contribution is -0.134. The van der Waals surface area contributed by atoms with Crippen molar-refractivity contribution >= 4 is 11.9 Å². The first kappa shape index (κ1) is 15.8. The van der Waals surface area contributed by atoms with Crippen molar-refractivity contribution in [3.63, 3.8) is 0 Å². The maximum absolute atomic E-state index is 12.3. The van der Waals surface area contributed by atoms with Gasteiger partial charge in [0, 0.05) is 31.7 Å². The number of carbonyl (C=O) groups excluding carboxylic acids is 1. The molecule has 1 aliphatic heterocycles. The van der Waals surface area contributed by atoms with E-state index in [9.17, 15) is 19.5 Å². The van der Waals surface area contributed by atoms with Gasteiger partial charge in [-0.2, -0.15) is 0 Å². The van der Waals surface area contributed by atoms with Gasteiger partial charge in [-0.15, -0.1) is 0 Å². The van der Waals surface area contributed by atoms with Gasteiger partial charge in [0.25, 0.3) is 5.56 Å². The van der Waals surface area contributed by atoms with Crippen LogP contribution in [0, 0.1) is 18.8 Å². The van der Waals surface area contributed by atoms with Crippen LogP contribution in [0.15, 0.2) is 17.1 Å². The fourth-order valence-corrected chi connectivity index (χ4v) is 3.27. The summed E-state index contributed by atoms with van der Waals surface area (Å²) in [5.41, 5.74) is -0.0913. The van der Waals surface area contributed by atoms with E-state index in [-0.39, 0.29) is 17.4 Å². The number of hydrogen-bond donors (Lipinski definition) is 1. The van der Waals surface area contributed by atoms with Crippen molar-refractivity contribution in [1.82, 2.24) is 9.47 Å². The van der Waals surface area contributed by atoms with Crippen molar-refractivity contribution in [2.45, 2.75) is 39.2 Å². The highest BCUT2D eigenvalue weighted by Gasteiger charge is 2.34. The molecule has 2 heterocycles. The number of hydrogen-bond acceptors (Lipinski definition) is 3. The van der Waals surface area contributed by atoms with E-state index in [0.29, 0.717) is 18.0 Å². The van der Waals surface area contributed by atoms with Crippen molar-refractivity contribution in [3.8, 4) is 0 Å². The lowest BCUT2D eigenvalue weighted by Gasteiger charge is -2.32. The molecule has 0 spiro atoms. The van der Waals surface area contributed by atoms with Crippen LogP contribution < -0.4 is 5.56 Å². The smallest absolute Gasteiger partial charge is 0.341 e. The molecule has 124 valence electrons. The van der Waals surface area contributed by atoms with Gasteiger partial charge in [-0.25, -0.2) is 4.79 Å². The van der Waals surface area contributed by atoms with E-state index in [4.69, 9.17) is 0 Å². The monoisotopic (exact) mass is 318 g/mol. The molecular formula is C17H22N2O4. The third-order valence-corrected chi connectivity index (χ3v) is 4.90. The zero-order valence-corrected chi connectivity index (χ0v) is 13.3. The van der Waals surface area contributed by atoms with Gasteiger partial charge in [-0.05, 0) is 50.2 Å². The minimum atomic E-state index is -1.17. The van der Waals surface area contributed by atoms with Crippen LogP contribution in [0.4, 0.5) is 0 Å². The summed E-state index contributed by atoms with van der Waals surface area (Å²) in [5, 5.41) is 9.17. The normalized spacial score (nSPS) is 18.9. The summed E-state index contributed by atoms with van der Waals surface area (Å²) in [4.78, 5) is 37.5. The van der Waals surface area contributed by atoms with E-state index in [1.165, 1.54) is 4.57 Å². The molecular weight excluding hydrogens is 296 g/mol. The zero-order chi connectivity index (χ0) is 16.6. The van der Waals surface area contributed by atoms with Gasteiger partial charge in [0.05, 0.1) is 0 Å². The van der Waals surface area contributed by atoms with Crippen LogP contribution in [-0.2, 0) is 11.3 Å². The molecule has 0 unspecified atom stereocenters. The molecule has 1 amide bonds. The Morgan fingerprint density at radius 2 is 1.87 bits per heavy atom. The minimum Gasteiger partial charge on any atom is -0.477 e. The number of aromatic carboxylic acids is 1. The Hall–Kier alpha value is -2.11. The number of pyridine rings is 1. The molecule has 6 heteroatoms. The average molecular weight is 318 g/mol. The number of rotatable bonds is 4. The number of likely N-dealkylation sites (tertiary alicyclic amines) is 1. The molecule has 0 atom stereocenters. The molecule has 1 saturated heterocycles. The summed E-state index contributed by atoms with van der Waals surface area (Å²) in [5.74, 6) is -0.333.